The highest BCUT2D eigenvalue weighted by atomic mass is 16.7. The van der Waals surface area contributed by atoms with Crippen LogP contribution in [0.2, 0.25) is 0 Å². The highest BCUT2D eigenvalue weighted by molar-refractivity contribution is 6.51. The molecular formula is C17H25BO4. The van der Waals surface area contributed by atoms with Gasteiger partial charge in [-0.15, -0.1) is 0 Å². The first kappa shape index (κ1) is 16.9. The normalized spacial score (nSPS) is 19.6. The van der Waals surface area contributed by atoms with Gasteiger partial charge in [-0.1, -0.05) is 18.1 Å². The van der Waals surface area contributed by atoms with Crippen LogP contribution in [0.5, 0.6) is 11.5 Å². The summed E-state index contributed by atoms with van der Waals surface area (Å²) in [5.41, 5.74) is 0.543. The van der Waals surface area contributed by atoms with Crippen LogP contribution in [0.1, 0.15) is 33.3 Å². The molecule has 120 valence electrons. The molecule has 1 fully saturated rings. The molecule has 0 atom stereocenters. The first-order valence-corrected chi connectivity index (χ1v) is 7.52. The Morgan fingerprint density at radius 1 is 1.00 bits per heavy atom. The standard InChI is InChI=1S/C17H25BO4/c1-16(2)17(3,4)22-18(21-16)11-7-8-13-9-10-14(19-5)15(12-13)20-6/h7,9-12H,8H2,1-6H3/b11-7+. The second kappa shape index (κ2) is 6.35. The molecule has 1 saturated heterocycles. The van der Waals surface area contributed by atoms with E-state index < -0.39 is 0 Å². The molecule has 0 N–H and O–H groups in total. The first-order chi connectivity index (χ1) is 10.3. The van der Waals surface area contributed by atoms with Crippen molar-refractivity contribution in [2.24, 2.45) is 0 Å². The molecule has 0 bridgehead atoms. The quantitative estimate of drug-likeness (QED) is 0.781. The fourth-order valence-corrected chi connectivity index (χ4v) is 2.29. The molecule has 1 aliphatic rings. The van der Waals surface area contributed by atoms with E-state index in [4.69, 9.17) is 18.8 Å². The van der Waals surface area contributed by atoms with Crippen molar-refractivity contribution in [3.05, 3.63) is 35.8 Å². The van der Waals surface area contributed by atoms with Gasteiger partial charge in [0, 0.05) is 0 Å². The van der Waals surface area contributed by atoms with Gasteiger partial charge in [-0.3, -0.25) is 0 Å². The smallest absolute Gasteiger partial charge is 0.486 e. The molecule has 0 unspecified atom stereocenters. The summed E-state index contributed by atoms with van der Waals surface area (Å²) in [5.74, 6) is 3.44. The van der Waals surface area contributed by atoms with E-state index in [1.165, 1.54) is 0 Å². The van der Waals surface area contributed by atoms with Crippen LogP contribution >= 0.6 is 0 Å². The third-order valence-electron chi connectivity index (χ3n) is 4.37. The van der Waals surface area contributed by atoms with E-state index in [0.29, 0.717) is 0 Å². The minimum Gasteiger partial charge on any atom is -0.493 e. The molecular weight excluding hydrogens is 279 g/mol. The molecule has 0 saturated carbocycles. The SMILES string of the molecule is COc1ccc(C/C=C/B2OC(C)(C)C(C)(C)O2)cc1OC. The van der Waals surface area contributed by atoms with E-state index in [9.17, 15) is 0 Å². The Bertz CT molecular complexity index is 536. The summed E-state index contributed by atoms with van der Waals surface area (Å²) in [6.07, 6.45) is 2.84. The van der Waals surface area contributed by atoms with Crippen molar-refractivity contribution in [3.63, 3.8) is 0 Å². The molecule has 0 amide bonds. The molecule has 5 heteroatoms. The Morgan fingerprint density at radius 2 is 1.59 bits per heavy atom. The molecule has 1 heterocycles. The van der Waals surface area contributed by atoms with Gasteiger partial charge in [-0.25, -0.2) is 0 Å². The van der Waals surface area contributed by atoms with E-state index in [-0.39, 0.29) is 18.3 Å². The minimum absolute atomic E-state index is 0.300. The summed E-state index contributed by atoms with van der Waals surface area (Å²) in [6, 6.07) is 5.92. The van der Waals surface area contributed by atoms with Crippen molar-refractivity contribution in [2.45, 2.75) is 45.3 Å². The van der Waals surface area contributed by atoms with Crippen LogP contribution < -0.4 is 9.47 Å². The average molecular weight is 304 g/mol. The molecule has 1 aliphatic heterocycles. The number of benzene rings is 1. The second-order valence-electron chi connectivity index (χ2n) is 6.45. The van der Waals surface area contributed by atoms with Crippen LogP contribution in [0, 0.1) is 0 Å². The van der Waals surface area contributed by atoms with E-state index in [0.717, 1.165) is 23.5 Å². The summed E-state index contributed by atoms with van der Waals surface area (Å²) in [7, 11) is 2.97. The van der Waals surface area contributed by atoms with Gasteiger partial charge in [0.2, 0.25) is 0 Å². The lowest BCUT2D eigenvalue weighted by molar-refractivity contribution is 0.00578. The molecule has 1 aromatic carbocycles. The van der Waals surface area contributed by atoms with Gasteiger partial charge >= 0.3 is 7.12 Å². The van der Waals surface area contributed by atoms with Gasteiger partial charge in [0.25, 0.3) is 0 Å². The molecule has 1 aromatic rings. The van der Waals surface area contributed by atoms with Gasteiger partial charge in [-0.2, -0.15) is 0 Å². The third-order valence-corrected chi connectivity index (χ3v) is 4.37. The fraction of sp³-hybridized carbons (Fsp3) is 0.529. The molecule has 22 heavy (non-hydrogen) atoms. The molecule has 4 nitrogen and oxygen atoms in total. The Labute approximate surface area is 133 Å². The topological polar surface area (TPSA) is 36.9 Å². The number of methoxy groups -OCH3 is 2. The number of allylic oxidation sites excluding steroid dienone is 1. The Kier molecular flexibility index (Phi) is 4.88. The molecule has 0 aliphatic carbocycles. The van der Waals surface area contributed by atoms with E-state index >= 15 is 0 Å². The number of hydrogen-bond acceptors (Lipinski definition) is 4. The summed E-state index contributed by atoms with van der Waals surface area (Å²) < 4.78 is 22.4. The van der Waals surface area contributed by atoms with Gasteiger partial charge in [0.05, 0.1) is 25.4 Å². The van der Waals surface area contributed by atoms with Crippen molar-refractivity contribution in [1.82, 2.24) is 0 Å². The number of hydrogen-bond donors (Lipinski definition) is 0. The van der Waals surface area contributed by atoms with Gasteiger partial charge in [-0.05, 0) is 51.8 Å². The summed E-state index contributed by atoms with van der Waals surface area (Å²) in [4.78, 5) is 0. The largest absolute Gasteiger partial charge is 0.493 e. The Hall–Kier alpha value is -1.46. The maximum Gasteiger partial charge on any atom is 0.486 e. The zero-order valence-corrected chi connectivity index (χ0v) is 14.3. The molecule has 0 aromatic heterocycles. The van der Waals surface area contributed by atoms with Crippen LogP contribution in [0.15, 0.2) is 30.3 Å². The lowest BCUT2D eigenvalue weighted by Gasteiger charge is -2.32. The number of ether oxygens (including phenoxy) is 2. The van der Waals surface area contributed by atoms with Crippen molar-refractivity contribution in [3.8, 4) is 11.5 Å². The van der Waals surface area contributed by atoms with E-state index in [1.807, 2.05) is 24.2 Å². The number of rotatable bonds is 5. The van der Waals surface area contributed by atoms with Crippen molar-refractivity contribution in [1.29, 1.82) is 0 Å². The van der Waals surface area contributed by atoms with Gasteiger partial charge in [0.1, 0.15) is 0 Å². The van der Waals surface area contributed by atoms with Crippen molar-refractivity contribution in [2.75, 3.05) is 14.2 Å². The molecule has 0 radical (unpaired) electrons. The van der Waals surface area contributed by atoms with Crippen molar-refractivity contribution >= 4 is 7.12 Å². The Balaban J connectivity index is 1.99. The van der Waals surface area contributed by atoms with Crippen LogP contribution in [0.25, 0.3) is 0 Å². The summed E-state index contributed by atoms with van der Waals surface area (Å²) in [6.45, 7) is 8.20. The maximum absolute atomic E-state index is 5.93. The van der Waals surface area contributed by atoms with Crippen LogP contribution in [0.3, 0.4) is 0 Å². The highest BCUT2D eigenvalue weighted by Gasteiger charge is 2.49. The van der Waals surface area contributed by atoms with E-state index in [1.54, 1.807) is 14.2 Å². The minimum atomic E-state index is -0.301. The van der Waals surface area contributed by atoms with Crippen LogP contribution in [-0.4, -0.2) is 32.5 Å². The highest BCUT2D eigenvalue weighted by Crippen LogP contribution is 2.37. The van der Waals surface area contributed by atoms with E-state index in [2.05, 4.69) is 33.8 Å². The summed E-state index contributed by atoms with van der Waals surface area (Å²) in [5, 5.41) is 0. The third kappa shape index (κ3) is 3.47. The zero-order valence-electron chi connectivity index (χ0n) is 14.3. The monoisotopic (exact) mass is 304 g/mol. The summed E-state index contributed by atoms with van der Waals surface area (Å²) >= 11 is 0. The zero-order chi connectivity index (χ0) is 16.4. The lowest BCUT2D eigenvalue weighted by Crippen LogP contribution is -2.41. The van der Waals surface area contributed by atoms with Gasteiger partial charge < -0.3 is 18.8 Å². The van der Waals surface area contributed by atoms with Crippen LogP contribution in [0.4, 0.5) is 0 Å². The predicted molar refractivity (Wildman–Crippen MR) is 88.5 cm³/mol. The maximum atomic E-state index is 5.93. The second-order valence-corrected chi connectivity index (χ2v) is 6.45. The fourth-order valence-electron chi connectivity index (χ4n) is 2.29. The lowest BCUT2D eigenvalue weighted by atomic mass is 9.89. The van der Waals surface area contributed by atoms with Crippen molar-refractivity contribution < 1.29 is 18.8 Å². The molecule has 0 spiro atoms. The molecule has 2 rings (SSSR count). The Morgan fingerprint density at radius 3 is 2.14 bits per heavy atom. The predicted octanol–water partition coefficient (Wildman–Crippen LogP) is 3.43. The first-order valence-electron chi connectivity index (χ1n) is 7.52. The van der Waals surface area contributed by atoms with Gasteiger partial charge in [0.15, 0.2) is 11.5 Å². The average Bonchev–Trinajstić information content (AvgIpc) is 2.66. The van der Waals surface area contributed by atoms with Crippen LogP contribution in [-0.2, 0) is 15.7 Å².